The Morgan fingerprint density at radius 2 is 1.00 bits per heavy atom. The fraction of sp³-hybridized carbons (Fsp3) is 0.500. The molecule has 0 aromatic carbocycles. The molecule has 0 saturated carbocycles. The molecular weight excluding hydrogens is 282 g/mol. The van der Waals surface area contributed by atoms with E-state index >= 15 is 0 Å². The van der Waals surface area contributed by atoms with E-state index in [-0.39, 0.29) is 27.8 Å². The molecule has 0 aliphatic carbocycles. The van der Waals surface area contributed by atoms with Crippen molar-refractivity contribution in [3.8, 4) is 0 Å². The van der Waals surface area contributed by atoms with Gasteiger partial charge in [0.15, 0.2) is 0 Å². The summed E-state index contributed by atoms with van der Waals surface area (Å²) in [5.41, 5.74) is 0. The number of rotatable bonds is 0. The zero-order valence-electron chi connectivity index (χ0n) is 5.18. The van der Waals surface area contributed by atoms with Crippen LogP contribution in [-0.2, 0) is 25.2 Å². The van der Waals surface area contributed by atoms with Crippen LogP contribution in [0.1, 0.15) is 0 Å². The van der Waals surface area contributed by atoms with Crippen molar-refractivity contribution in [3.05, 3.63) is 7.43 Å². The second-order valence-electron chi connectivity index (χ2n) is 0. The molecule has 0 atom stereocenters. The predicted molar refractivity (Wildman–Crippen MR) is 28.4 cm³/mol. The maximum absolute atomic E-state index is 7.50. The molecule has 8 heavy (non-hydrogen) atoms. The molecule has 2 N–H and O–H groups in total. The summed E-state index contributed by atoms with van der Waals surface area (Å²) in [4.78, 5) is 7.50. The van der Waals surface area contributed by atoms with Crippen LogP contribution < -0.4 is 0 Å². The van der Waals surface area contributed by atoms with Crippen LogP contribution >= 0.6 is 0 Å². The third kappa shape index (κ3) is 2710. The quantitative estimate of drug-likeness (QED) is 0.579. The monoisotopic (exact) mass is 294 g/mol. The molecule has 0 rings (SSSR count). The summed E-state index contributed by atoms with van der Waals surface area (Å²) in [5.74, 6) is 0. The van der Waals surface area contributed by atoms with Crippen LogP contribution in [0.5, 0.6) is 0 Å². The molecular formula is C4H11O3Re-2. The van der Waals surface area contributed by atoms with Crippen molar-refractivity contribution >= 4 is 6.79 Å². The normalized spacial score (nSPS) is 2.00. The summed E-state index contributed by atoms with van der Waals surface area (Å²) in [6.45, 7) is 4.50. The molecule has 0 aromatic heterocycles. The largest absolute Gasteiger partial charge is 0.573 e. The molecule has 4 heteroatoms. The van der Waals surface area contributed by atoms with Crippen molar-refractivity contribution in [1.82, 2.24) is 0 Å². The van der Waals surface area contributed by atoms with E-state index in [1.54, 1.807) is 0 Å². The van der Waals surface area contributed by atoms with Gasteiger partial charge in [0.25, 0.3) is 0 Å². The Hall–Kier alpha value is 0.252. The van der Waals surface area contributed by atoms with Gasteiger partial charge in [-0.1, -0.05) is 0 Å². The van der Waals surface area contributed by atoms with E-state index in [0.717, 1.165) is 14.2 Å². The van der Waals surface area contributed by atoms with Crippen LogP contribution in [0.25, 0.3) is 0 Å². The van der Waals surface area contributed by atoms with Gasteiger partial charge >= 0.3 is 0 Å². The smallest absolute Gasteiger partial charge is 0.0319 e. The number of hydrogen-bond acceptors (Lipinski definition) is 3. The van der Waals surface area contributed by atoms with Crippen LogP contribution in [0, 0.1) is 7.43 Å². The van der Waals surface area contributed by atoms with Gasteiger partial charge in [0, 0.05) is 34.6 Å². The molecule has 2 radical (unpaired) electrons. The molecule has 0 heterocycles. The Balaban J connectivity index is -0.00000000500. The molecule has 0 unspecified atom stereocenters. The molecule has 0 amide bonds. The summed E-state index contributed by atoms with van der Waals surface area (Å²) < 4.78 is 0. The number of aliphatic hydroxyl groups excluding tert-OH is 2. The van der Waals surface area contributed by atoms with E-state index in [1.807, 2.05) is 0 Å². The van der Waals surface area contributed by atoms with Gasteiger partial charge in [0.1, 0.15) is 0 Å². The minimum atomic E-state index is 0. The molecule has 3 nitrogen and oxygen atoms in total. The second-order valence-corrected chi connectivity index (χ2v) is 0. The fourth-order valence-corrected chi connectivity index (χ4v) is 0. The van der Waals surface area contributed by atoms with Crippen molar-refractivity contribution in [2.45, 2.75) is 0 Å². The van der Waals surface area contributed by atoms with Crippen molar-refractivity contribution in [1.29, 1.82) is 0 Å². The number of hydrogen-bond donors (Lipinski definition) is 2. The summed E-state index contributed by atoms with van der Waals surface area (Å²) in [7, 11) is 2.00. The summed E-state index contributed by atoms with van der Waals surface area (Å²) >= 11 is 0. The van der Waals surface area contributed by atoms with Crippen LogP contribution in [0.4, 0.5) is 0 Å². The molecule has 0 aliphatic heterocycles. The summed E-state index contributed by atoms with van der Waals surface area (Å²) in [5, 5.41) is 14.0. The minimum Gasteiger partial charge on any atom is -0.573 e. The zero-order valence-corrected chi connectivity index (χ0v) is 7.90. The molecule has 0 aliphatic rings. The molecule has 0 fully saturated rings. The molecule has 0 aromatic rings. The topological polar surface area (TPSA) is 57.5 Å². The maximum Gasteiger partial charge on any atom is 0.0319 e. The Labute approximate surface area is 64.4 Å². The van der Waals surface area contributed by atoms with Gasteiger partial charge < -0.3 is 29.2 Å². The van der Waals surface area contributed by atoms with Gasteiger partial charge in [0.05, 0.1) is 0 Å². The van der Waals surface area contributed by atoms with Crippen molar-refractivity contribution in [3.63, 3.8) is 0 Å². The Morgan fingerprint density at radius 1 is 1.00 bits per heavy atom. The van der Waals surface area contributed by atoms with Gasteiger partial charge in [0.2, 0.25) is 0 Å². The van der Waals surface area contributed by atoms with Gasteiger partial charge in [-0.25, -0.2) is 0 Å². The Bertz CT molecular complexity index is 11.2. The van der Waals surface area contributed by atoms with Gasteiger partial charge in [-0.05, 0) is 0 Å². The number of aliphatic hydroxyl groups is 2. The first kappa shape index (κ1) is 41.0. The minimum absolute atomic E-state index is 0. The van der Waals surface area contributed by atoms with Gasteiger partial charge in [-0.15, -0.1) is 0 Å². The van der Waals surface area contributed by atoms with Crippen LogP contribution in [0.2, 0.25) is 0 Å². The first-order valence-corrected chi connectivity index (χ1v) is 1.10. The van der Waals surface area contributed by atoms with E-state index in [1.165, 1.54) is 0 Å². The van der Waals surface area contributed by atoms with Crippen molar-refractivity contribution in [2.24, 2.45) is 0 Å². The summed E-state index contributed by atoms with van der Waals surface area (Å²) in [6.07, 6.45) is 0. The third-order valence-corrected chi connectivity index (χ3v) is 0. The van der Waals surface area contributed by atoms with E-state index < -0.39 is 0 Å². The van der Waals surface area contributed by atoms with E-state index in [0.29, 0.717) is 0 Å². The molecule has 0 spiro atoms. The van der Waals surface area contributed by atoms with Crippen molar-refractivity contribution < 1.29 is 35.4 Å². The third-order valence-electron chi connectivity index (χ3n) is 0. The summed E-state index contributed by atoms with van der Waals surface area (Å²) in [6, 6.07) is 0. The van der Waals surface area contributed by atoms with Crippen LogP contribution in [0.3, 0.4) is 0 Å². The van der Waals surface area contributed by atoms with Crippen LogP contribution in [-0.4, -0.2) is 31.2 Å². The molecule has 54 valence electrons. The van der Waals surface area contributed by atoms with E-state index in [2.05, 4.69) is 6.79 Å². The zero-order chi connectivity index (χ0) is 6.00. The first-order chi connectivity index (χ1) is 3.00. The first-order valence-electron chi connectivity index (χ1n) is 1.10. The van der Waals surface area contributed by atoms with Crippen LogP contribution in [0.15, 0.2) is 0 Å². The molecule has 0 saturated heterocycles. The van der Waals surface area contributed by atoms with E-state index in [9.17, 15) is 0 Å². The number of carbonyl (C=O) groups excluding carboxylic acids is 1. The second kappa shape index (κ2) is 4450. The standard InChI is InChI=1S/2CH4O.CO.CH3.Re/c3*1-2;;/h2*2H,1H3;;1H3;/q;;2*-1;. The van der Waals surface area contributed by atoms with Crippen molar-refractivity contribution in [2.75, 3.05) is 14.2 Å². The Kier molecular flexibility index (Phi) is 22800. The van der Waals surface area contributed by atoms with Gasteiger partial charge in [-0.3, -0.25) is 0 Å². The maximum atomic E-state index is 7.50. The van der Waals surface area contributed by atoms with Gasteiger partial charge in [-0.2, -0.15) is 0 Å². The average molecular weight is 293 g/mol. The molecule has 0 bridgehead atoms. The Morgan fingerprint density at radius 3 is 1.00 bits per heavy atom. The average Bonchev–Trinajstić information content (AvgIpc) is 1.81. The predicted octanol–water partition coefficient (Wildman–Crippen LogP) is -0.732. The van der Waals surface area contributed by atoms with E-state index in [4.69, 9.17) is 15.0 Å². The fourth-order valence-electron chi connectivity index (χ4n) is 0. The SMILES string of the molecule is CO.CO.[C-]=O.[CH3-].[Re].